The zero-order valence-electron chi connectivity index (χ0n) is 13.3. The molecule has 0 radical (unpaired) electrons. The smallest absolute Gasteiger partial charge is 0.348 e. The Kier molecular flexibility index (Phi) is 5.06. The molecule has 1 aliphatic rings. The van der Waals surface area contributed by atoms with Gasteiger partial charge in [-0.25, -0.2) is 18.4 Å². The molecule has 1 fully saturated rings. The zero-order chi connectivity index (χ0) is 17.9. The Bertz CT molecular complexity index is 659. The van der Waals surface area contributed by atoms with Crippen LogP contribution >= 0.6 is 0 Å². The van der Waals surface area contributed by atoms with Gasteiger partial charge in [-0.05, 0) is 23.8 Å². The first-order valence-corrected chi connectivity index (χ1v) is 6.99. The SMILES string of the molecule is COc1cc(C=C2C(=O)OC(C)(C)OC2=O)ccc1OCC(F)F. The van der Waals surface area contributed by atoms with E-state index in [1.165, 1.54) is 45.2 Å². The van der Waals surface area contributed by atoms with E-state index in [4.69, 9.17) is 18.9 Å². The van der Waals surface area contributed by atoms with Crippen molar-refractivity contribution < 1.29 is 37.3 Å². The van der Waals surface area contributed by atoms with Crippen LogP contribution in [-0.2, 0) is 19.1 Å². The number of carbonyl (C=O) groups excluding carboxylic acids is 2. The summed E-state index contributed by atoms with van der Waals surface area (Å²) in [6.07, 6.45) is -1.36. The molecule has 24 heavy (non-hydrogen) atoms. The maximum absolute atomic E-state index is 12.2. The summed E-state index contributed by atoms with van der Waals surface area (Å²) >= 11 is 0. The number of ether oxygens (including phenoxy) is 4. The number of carbonyl (C=O) groups is 2. The fraction of sp³-hybridized carbons (Fsp3) is 0.375. The highest BCUT2D eigenvalue weighted by molar-refractivity contribution is 6.18. The lowest BCUT2D eigenvalue weighted by Gasteiger charge is -2.29. The van der Waals surface area contributed by atoms with Crippen LogP contribution in [0.25, 0.3) is 6.08 Å². The van der Waals surface area contributed by atoms with Gasteiger partial charge in [0.05, 0.1) is 7.11 Å². The number of hydrogen-bond acceptors (Lipinski definition) is 6. The molecule has 1 saturated heterocycles. The van der Waals surface area contributed by atoms with Gasteiger partial charge >= 0.3 is 11.9 Å². The van der Waals surface area contributed by atoms with E-state index in [0.717, 1.165) is 0 Å². The second kappa shape index (κ2) is 6.86. The highest BCUT2D eigenvalue weighted by Crippen LogP contribution is 2.30. The van der Waals surface area contributed by atoms with Crippen LogP contribution in [0.5, 0.6) is 11.5 Å². The van der Waals surface area contributed by atoms with E-state index in [0.29, 0.717) is 5.56 Å². The molecular weight excluding hydrogens is 326 g/mol. The van der Waals surface area contributed by atoms with Crippen molar-refractivity contribution in [2.24, 2.45) is 0 Å². The fourth-order valence-electron chi connectivity index (χ4n) is 1.99. The lowest BCUT2D eigenvalue weighted by molar-refractivity contribution is -0.222. The van der Waals surface area contributed by atoms with Gasteiger partial charge in [0, 0.05) is 13.8 Å². The first kappa shape index (κ1) is 17.7. The third kappa shape index (κ3) is 4.21. The third-order valence-corrected chi connectivity index (χ3v) is 2.98. The van der Waals surface area contributed by atoms with E-state index in [1.54, 1.807) is 0 Å². The molecule has 1 aromatic rings. The Morgan fingerprint density at radius 2 is 1.79 bits per heavy atom. The van der Waals surface area contributed by atoms with Crippen LogP contribution in [-0.4, -0.2) is 37.9 Å². The highest BCUT2D eigenvalue weighted by atomic mass is 19.3. The number of rotatable bonds is 5. The van der Waals surface area contributed by atoms with Crippen LogP contribution in [0.4, 0.5) is 8.78 Å². The summed E-state index contributed by atoms with van der Waals surface area (Å²) in [6, 6.07) is 4.32. The largest absolute Gasteiger partial charge is 0.493 e. The normalized spacial score (nSPS) is 16.5. The zero-order valence-corrected chi connectivity index (χ0v) is 13.3. The molecular formula is C16H16F2O6. The highest BCUT2D eigenvalue weighted by Gasteiger charge is 2.38. The number of esters is 2. The summed E-state index contributed by atoms with van der Waals surface area (Å²) in [5, 5.41) is 0. The van der Waals surface area contributed by atoms with E-state index in [9.17, 15) is 18.4 Å². The standard InChI is InChI=1S/C16H16F2O6/c1-16(2)23-14(19)10(15(20)24-16)6-9-4-5-11(12(7-9)21-3)22-8-13(17)18/h4-7,13H,8H2,1-3H3. The molecule has 130 valence electrons. The molecule has 0 aliphatic carbocycles. The average molecular weight is 342 g/mol. The van der Waals surface area contributed by atoms with Gasteiger partial charge in [-0.15, -0.1) is 0 Å². The van der Waals surface area contributed by atoms with Crippen LogP contribution in [0.2, 0.25) is 0 Å². The molecule has 0 saturated carbocycles. The number of alkyl halides is 2. The Hall–Kier alpha value is -2.64. The molecule has 1 heterocycles. The topological polar surface area (TPSA) is 71.1 Å². The monoisotopic (exact) mass is 342 g/mol. The molecule has 1 aromatic carbocycles. The molecule has 0 atom stereocenters. The number of hydrogen-bond donors (Lipinski definition) is 0. The Labute approximate surface area is 136 Å². The van der Waals surface area contributed by atoms with E-state index in [-0.39, 0.29) is 17.1 Å². The van der Waals surface area contributed by atoms with Gasteiger partial charge in [-0.2, -0.15) is 0 Å². The van der Waals surface area contributed by atoms with Crippen molar-refractivity contribution in [2.75, 3.05) is 13.7 Å². The molecule has 0 bridgehead atoms. The maximum atomic E-state index is 12.2. The van der Waals surface area contributed by atoms with Crippen LogP contribution in [0.1, 0.15) is 19.4 Å². The van der Waals surface area contributed by atoms with Crippen molar-refractivity contribution in [3.05, 3.63) is 29.3 Å². The van der Waals surface area contributed by atoms with Crippen LogP contribution < -0.4 is 9.47 Å². The lowest BCUT2D eigenvalue weighted by atomic mass is 10.1. The summed E-state index contributed by atoms with van der Waals surface area (Å²) in [4.78, 5) is 23.8. The van der Waals surface area contributed by atoms with E-state index >= 15 is 0 Å². The third-order valence-electron chi connectivity index (χ3n) is 2.98. The molecule has 2 rings (SSSR count). The van der Waals surface area contributed by atoms with Crippen LogP contribution in [0.15, 0.2) is 23.8 Å². The molecule has 0 amide bonds. The molecule has 6 nitrogen and oxygen atoms in total. The fourth-order valence-corrected chi connectivity index (χ4v) is 1.99. The summed E-state index contributed by atoms with van der Waals surface area (Å²) in [7, 11) is 1.34. The van der Waals surface area contributed by atoms with Gasteiger partial charge in [0.2, 0.25) is 0 Å². The van der Waals surface area contributed by atoms with Crippen LogP contribution in [0.3, 0.4) is 0 Å². The molecule has 0 spiro atoms. The first-order chi connectivity index (χ1) is 11.2. The van der Waals surface area contributed by atoms with Gasteiger partial charge in [-0.1, -0.05) is 6.07 Å². The van der Waals surface area contributed by atoms with Gasteiger partial charge < -0.3 is 18.9 Å². The number of halogens is 2. The Balaban J connectivity index is 2.26. The molecule has 8 heteroatoms. The quantitative estimate of drug-likeness (QED) is 0.465. The average Bonchev–Trinajstić information content (AvgIpc) is 2.48. The van der Waals surface area contributed by atoms with Crippen molar-refractivity contribution in [1.29, 1.82) is 0 Å². The number of benzene rings is 1. The van der Waals surface area contributed by atoms with Crippen molar-refractivity contribution in [2.45, 2.75) is 26.1 Å². The molecule has 1 aliphatic heterocycles. The minimum Gasteiger partial charge on any atom is -0.493 e. The molecule has 0 N–H and O–H groups in total. The second-order valence-electron chi connectivity index (χ2n) is 5.35. The van der Waals surface area contributed by atoms with Crippen molar-refractivity contribution in [3.63, 3.8) is 0 Å². The van der Waals surface area contributed by atoms with Crippen molar-refractivity contribution >= 4 is 18.0 Å². The summed E-state index contributed by atoms with van der Waals surface area (Å²) in [6.45, 7) is 2.11. The van der Waals surface area contributed by atoms with Crippen LogP contribution in [0, 0.1) is 0 Å². The lowest BCUT2D eigenvalue weighted by Crippen LogP contribution is -2.41. The van der Waals surface area contributed by atoms with Gasteiger partial charge in [0.15, 0.2) is 11.5 Å². The second-order valence-corrected chi connectivity index (χ2v) is 5.35. The first-order valence-electron chi connectivity index (χ1n) is 6.99. The Morgan fingerprint density at radius 1 is 1.17 bits per heavy atom. The minimum atomic E-state index is -2.62. The maximum Gasteiger partial charge on any atom is 0.348 e. The van der Waals surface area contributed by atoms with E-state index in [2.05, 4.69) is 0 Å². The van der Waals surface area contributed by atoms with E-state index < -0.39 is 30.8 Å². The number of cyclic esters (lactones) is 2. The summed E-state index contributed by atoms with van der Waals surface area (Å²) in [5.74, 6) is -2.64. The van der Waals surface area contributed by atoms with Gasteiger partial charge in [0.25, 0.3) is 12.2 Å². The predicted octanol–water partition coefficient (Wildman–Crippen LogP) is 2.56. The summed E-state index contributed by atoms with van der Waals surface area (Å²) in [5.41, 5.74) is 0.137. The van der Waals surface area contributed by atoms with Gasteiger partial charge in [0.1, 0.15) is 12.2 Å². The molecule has 0 aromatic heterocycles. The number of methoxy groups -OCH3 is 1. The Morgan fingerprint density at radius 3 is 2.33 bits per heavy atom. The summed E-state index contributed by atoms with van der Waals surface area (Å²) < 4.78 is 44.4. The van der Waals surface area contributed by atoms with Crippen molar-refractivity contribution in [3.8, 4) is 11.5 Å². The van der Waals surface area contributed by atoms with Crippen molar-refractivity contribution in [1.82, 2.24) is 0 Å². The van der Waals surface area contributed by atoms with Gasteiger partial charge in [-0.3, -0.25) is 0 Å². The van der Waals surface area contributed by atoms with E-state index in [1.807, 2.05) is 0 Å². The predicted molar refractivity (Wildman–Crippen MR) is 78.7 cm³/mol. The minimum absolute atomic E-state index is 0.120. The molecule has 0 unspecified atom stereocenters.